The van der Waals surface area contributed by atoms with Crippen LogP contribution in [0.25, 0.3) is 32.6 Å². The maximum atomic E-state index is 9.42. The Morgan fingerprint density at radius 1 is 0.970 bits per heavy atom. The van der Waals surface area contributed by atoms with Crippen molar-refractivity contribution in [2.75, 3.05) is 5.32 Å². The molecule has 0 radical (unpaired) electrons. The number of aryl methyl sites for hydroxylation is 1. The number of hydrogen-bond donors (Lipinski definition) is 2. The molecule has 0 aliphatic rings. The molecule has 33 heavy (non-hydrogen) atoms. The van der Waals surface area contributed by atoms with E-state index in [1.807, 2.05) is 42.9 Å². The first-order valence-corrected chi connectivity index (χ1v) is 11.6. The minimum Gasteiger partial charge on any atom is -0.392 e. The molecule has 5 rings (SSSR count). The molecular formula is C26H23N5OS. The first kappa shape index (κ1) is 21.2. The summed E-state index contributed by atoms with van der Waals surface area (Å²) < 4.78 is 1.14. The summed E-state index contributed by atoms with van der Waals surface area (Å²) in [7, 11) is 0. The highest BCUT2D eigenvalue weighted by Crippen LogP contribution is 2.28. The number of nitrogens with one attached hydrogen (secondary N) is 1. The monoisotopic (exact) mass is 453 g/mol. The van der Waals surface area contributed by atoms with Crippen molar-refractivity contribution in [3.05, 3.63) is 89.5 Å². The van der Waals surface area contributed by atoms with Gasteiger partial charge in [0.25, 0.3) is 0 Å². The number of nitrogens with zero attached hydrogens (tertiary/aromatic N) is 4. The molecule has 5 aromatic rings. The summed E-state index contributed by atoms with van der Waals surface area (Å²) in [5.41, 5.74) is 8.75. The van der Waals surface area contributed by atoms with Gasteiger partial charge >= 0.3 is 0 Å². The maximum Gasteiger partial charge on any atom is 0.130 e. The molecule has 1 atom stereocenters. The summed E-state index contributed by atoms with van der Waals surface area (Å²) in [6.45, 7) is 4.00. The Balaban J connectivity index is 1.41. The lowest BCUT2D eigenvalue weighted by molar-refractivity contribution is 0.281. The highest BCUT2D eigenvalue weighted by molar-refractivity contribution is 7.16. The van der Waals surface area contributed by atoms with E-state index < -0.39 is 0 Å². The van der Waals surface area contributed by atoms with Crippen molar-refractivity contribution in [3.63, 3.8) is 0 Å². The van der Waals surface area contributed by atoms with Crippen LogP contribution in [0.5, 0.6) is 0 Å². The molecule has 0 unspecified atom stereocenters. The van der Waals surface area contributed by atoms with E-state index in [2.05, 4.69) is 62.5 Å². The molecule has 7 heteroatoms. The van der Waals surface area contributed by atoms with E-state index in [9.17, 15) is 5.11 Å². The van der Waals surface area contributed by atoms with E-state index in [1.165, 1.54) is 0 Å². The normalized spacial score (nSPS) is 12.1. The largest absolute Gasteiger partial charge is 0.392 e. The predicted molar refractivity (Wildman–Crippen MR) is 133 cm³/mol. The van der Waals surface area contributed by atoms with E-state index in [4.69, 9.17) is 0 Å². The average Bonchev–Trinajstić information content (AvgIpc) is 3.32. The number of benzene rings is 2. The zero-order chi connectivity index (χ0) is 22.8. The van der Waals surface area contributed by atoms with Crippen molar-refractivity contribution in [2.24, 2.45) is 0 Å². The van der Waals surface area contributed by atoms with Crippen LogP contribution in [0.2, 0.25) is 0 Å². The van der Waals surface area contributed by atoms with Crippen LogP contribution in [-0.2, 0) is 6.61 Å². The number of hydrogen-bond acceptors (Lipinski definition) is 7. The molecule has 2 N–H and O–H groups in total. The Morgan fingerprint density at radius 2 is 1.88 bits per heavy atom. The lowest BCUT2D eigenvalue weighted by Crippen LogP contribution is -2.09. The number of fused-ring (bicyclic) bond motifs is 1. The van der Waals surface area contributed by atoms with E-state index in [1.54, 1.807) is 17.5 Å². The third-order valence-corrected chi connectivity index (χ3v) is 6.32. The molecule has 0 aliphatic carbocycles. The SMILES string of the molecule is Cc1nc(N[C@@H](C)c2cccc(-c3cncc(CO)c3)c2)cc(-c2ccc3ncsc3c2)n1. The smallest absolute Gasteiger partial charge is 0.130 e. The first-order chi connectivity index (χ1) is 16.1. The second-order valence-corrected chi connectivity index (χ2v) is 8.84. The van der Waals surface area contributed by atoms with Gasteiger partial charge in [0.15, 0.2) is 0 Å². The van der Waals surface area contributed by atoms with E-state index in [0.29, 0.717) is 5.82 Å². The lowest BCUT2D eigenvalue weighted by Gasteiger charge is -2.17. The van der Waals surface area contributed by atoms with Gasteiger partial charge in [-0.1, -0.05) is 24.3 Å². The summed E-state index contributed by atoms with van der Waals surface area (Å²) in [5.74, 6) is 1.50. The summed E-state index contributed by atoms with van der Waals surface area (Å²) in [4.78, 5) is 17.9. The van der Waals surface area contributed by atoms with E-state index in [-0.39, 0.29) is 12.6 Å². The van der Waals surface area contributed by atoms with Gasteiger partial charge in [0, 0.05) is 35.6 Å². The van der Waals surface area contributed by atoms with Crippen LogP contribution in [0.4, 0.5) is 5.82 Å². The van der Waals surface area contributed by atoms with Gasteiger partial charge in [-0.2, -0.15) is 0 Å². The fraction of sp³-hybridized carbons (Fsp3) is 0.154. The summed E-state index contributed by atoms with van der Waals surface area (Å²) in [5, 5.41) is 12.9. The van der Waals surface area contributed by atoms with Crippen molar-refractivity contribution < 1.29 is 5.11 Å². The standard InChI is InChI=1S/C26H23N5OS/c1-16(19-4-3-5-20(9-19)22-8-18(14-32)12-27-13-22)29-26-11-24(30-17(2)31-26)21-6-7-23-25(10-21)33-15-28-23/h3-13,15-16,32H,14H2,1-2H3,(H,29,30,31)/t16-/m0/s1. The summed E-state index contributed by atoms with van der Waals surface area (Å²) in [6.07, 6.45) is 3.50. The number of thiazole rings is 1. The molecule has 0 fully saturated rings. The zero-order valence-corrected chi connectivity index (χ0v) is 19.2. The minimum atomic E-state index is -0.0240. The van der Waals surface area contributed by atoms with Gasteiger partial charge in [-0.05, 0) is 54.8 Å². The third-order valence-electron chi connectivity index (χ3n) is 5.53. The molecule has 0 amide bonds. The molecular weight excluding hydrogens is 430 g/mol. The van der Waals surface area contributed by atoms with Gasteiger partial charge in [0.2, 0.25) is 0 Å². The molecule has 3 heterocycles. The number of aliphatic hydroxyl groups is 1. The highest BCUT2D eigenvalue weighted by Gasteiger charge is 2.11. The zero-order valence-electron chi connectivity index (χ0n) is 18.4. The molecule has 3 aromatic heterocycles. The quantitative estimate of drug-likeness (QED) is 0.339. The van der Waals surface area contributed by atoms with Crippen molar-refractivity contribution in [1.82, 2.24) is 19.9 Å². The predicted octanol–water partition coefficient (Wildman–Crippen LogP) is 5.79. The molecule has 0 bridgehead atoms. The Bertz CT molecular complexity index is 1430. The van der Waals surface area contributed by atoms with Gasteiger partial charge in [0.05, 0.1) is 28.0 Å². The van der Waals surface area contributed by atoms with Crippen molar-refractivity contribution >= 4 is 27.4 Å². The summed E-state index contributed by atoms with van der Waals surface area (Å²) >= 11 is 1.63. The van der Waals surface area contributed by atoms with Crippen LogP contribution in [-0.4, -0.2) is 25.0 Å². The Hall–Kier alpha value is -3.68. The maximum absolute atomic E-state index is 9.42. The van der Waals surface area contributed by atoms with Gasteiger partial charge in [-0.25, -0.2) is 15.0 Å². The number of rotatable bonds is 6. The Labute approximate surface area is 196 Å². The van der Waals surface area contributed by atoms with Gasteiger partial charge in [-0.15, -0.1) is 11.3 Å². The first-order valence-electron chi connectivity index (χ1n) is 10.7. The van der Waals surface area contributed by atoms with Gasteiger partial charge < -0.3 is 10.4 Å². The molecule has 0 saturated heterocycles. The lowest BCUT2D eigenvalue weighted by atomic mass is 10.0. The second-order valence-electron chi connectivity index (χ2n) is 7.95. The highest BCUT2D eigenvalue weighted by atomic mass is 32.1. The molecule has 0 aliphatic heterocycles. The number of pyridine rings is 1. The molecule has 164 valence electrons. The van der Waals surface area contributed by atoms with Crippen molar-refractivity contribution in [3.8, 4) is 22.4 Å². The van der Waals surface area contributed by atoms with Crippen LogP contribution in [0.3, 0.4) is 0 Å². The minimum absolute atomic E-state index is 0.0240. The Morgan fingerprint density at radius 3 is 2.76 bits per heavy atom. The molecule has 2 aromatic carbocycles. The third kappa shape index (κ3) is 4.60. The van der Waals surface area contributed by atoms with Crippen LogP contribution < -0.4 is 5.32 Å². The fourth-order valence-corrected chi connectivity index (χ4v) is 4.54. The Kier molecular flexibility index (Phi) is 5.81. The van der Waals surface area contributed by atoms with E-state index >= 15 is 0 Å². The van der Waals surface area contributed by atoms with Gasteiger partial charge in [0.1, 0.15) is 11.6 Å². The van der Waals surface area contributed by atoms with E-state index in [0.717, 1.165) is 49.5 Å². The van der Waals surface area contributed by atoms with Crippen molar-refractivity contribution in [1.29, 1.82) is 0 Å². The molecule has 0 saturated carbocycles. The van der Waals surface area contributed by atoms with Crippen LogP contribution in [0, 0.1) is 6.92 Å². The molecule has 0 spiro atoms. The number of anilines is 1. The van der Waals surface area contributed by atoms with Crippen LogP contribution >= 0.6 is 11.3 Å². The topological polar surface area (TPSA) is 83.8 Å². The van der Waals surface area contributed by atoms with Crippen LogP contribution in [0.1, 0.15) is 29.9 Å². The fourth-order valence-electron chi connectivity index (χ4n) is 3.83. The number of aliphatic hydroxyl groups excluding tert-OH is 1. The number of aromatic nitrogens is 4. The second kappa shape index (κ2) is 9.05. The van der Waals surface area contributed by atoms with Gasteiger partial charge in [-0.3, -0.25) is 4.98 Å². The van der Waals surface area contributed by atoms with Crippen molar-refractivity contribution in [2.45, 2.75) is 26.5 Å². The summed E-state index contributed by atoms with van der Waals surface area (Å²) in [6, 6.07) is 18.5. The average molecular weight is 454 g/mol. The molecule has 6 nitrogen and oxygen atoms in total. The van der Waals surface area contributed by atoms with Crippen LogP contribution in [0.15, 0.2) is 72.5 Å².